The molecule has 0 saturated heterocycles. The van der Waals surface area contributed by atoms with Crippen molar-refractivity contribution in [3.8, 4) is 5.75 Å². The van der Waals surface area contributed by atoms with Crippen LogP contribution in [0.2, 0.25) is 0 Å². The van der Waals surface area contributed by atoms with E-state index in [0.717, 1.165) is 5.56 Å². The number of esters is 1. The standard InChI is InChI=1S/C9H10O2.Na.H/c1-7-3-5-9(6-4-7)11-8(2)10;;/h3-6H,1-2H3;;/q;+1;-1. The molecule has 0 radical (unpaired) electrons. The number of aryl methyl sites for hydroxylation is 1. The number of carbonyl (C=O) groups excluding carboxylic acids is 1. The molecule has 1 aromatic carbocycles. The van der Waals surface area contributed by atoms with Gasteiger partial charge >= 0.3 is 35.5 Å². The summed E-state index contributed by atoms with van der Waals surface area (Å²) in [6.07, 6.45) is 0. The predicted molar refractivity (Wildman–Crippen MR) is 43.6 cm³/mol. The number of hydrogen-bond donors (Lipinski definition) is 0. The largest absolute Gasteiger partial charge is 1.00 e. The molecule has 1 rings (SSSR count). The van der Waals surface area contributed by atoms with E-state index in [4.69, 9.17) is 4.74 Å². The zero-order chi connectivity index (χ0) is 8.27. The number of rotatable bonds is 1. The van der Waals surface area contributed by atoms with Crippen molar-refractivity contribution >= 4 is 5.97 Å². The summed E-state index contributed by atoms with van der Waals surface area (Å²) in [6.45, 7) is 3.37. The SMILES string of the molecule is CC(=O)Oc1ccc(C)cc1.[H-].[Na+]. The van der Waals surface area contributed by atoms with Gasteiger partial charge in [0, 0.05) is 6.92 Å². The van der Waals surface area contributed by atoms with Crippen molar-refractivity contribution in [1.82, 2.24) is 0 Å². The minimum absolute atomic E-state index is 0. The second-order valence-corrected chi connectivity index (χ2v) is 2.41. The van der Waals surface area contributed by atoms with Crippen LogP contribution < -0.4 is 34.3 Å². The van der Waals surface area contributed by atoms with Crippen LogP contribution in [0.5, 0.6) is 5.75 Å². The van der Waals surface area contributed by atoms with E-state index in [1.165, 1.54) is 6.92 Å². The molecular formula is C9H11NaO2. The van der Waals surface area contributed by atoms with Gasteiger partial charge in [0.15, 0.2) is 0 Å². The number of carbonyl (C=O) groups is 1. The second-order valence-electron chi connectivity index (χ2n) is 2.41. The molecule has 1 aromatic rings. The van der Waals surface area contributed by atoms with Crippen LogP contribution in [0.25, 0.3) is 0 Å². The average Bonchev–Trinajstić information content (AvgIpc) is 1.93. The zero-order valence-electron chi connectivity index (χ0n) is 8.63. The fraction of sp³-hybridized carbons (Fsp3) is 0.222. The maximum absolute atomic E-state index is 10.5. The molecule has 3 heteroatoms. The topological polar surface area (TPSA) is 26.3 Å². The van der Waals surface area contributed by atoms with Crippen molar-refractivity contribution < 1.29 is 40.5 Å². The van der Waals surface area contributed by atoms with Gasteiger partial charge in [0.25, 0.3) is 0 Å². The molecule has 0 aliphatic carbocycles. The van der Waals surface area contributed by atoms with Gasteiger partial charge in [-0.3, -0.25) is 4.79 Å². The van der Waals surface area contributed by atoms with E-state index in [1.54, 1.807) is 12.1 Å². The molecule has 0 saturated carbocycles. The van der Waals surface area contributed by atoms with E-state index in [9.17, 15) is 4.79 Å². The third-order valence-electron chi connectivity index (χ3n) is 1.28. The van der Waals surface area contributed by atoms with E-state index < -0.39 is 0 Å². The molecule has 0 aliphatic heterocycles. The molecule has 0 aromatic heterocycles. The summed E-state index contributed by atoms with van der Waals surface area (Å²) in [7, 11) is 0. The van der Waals surface area contributed by atoms with Crippen LogP contribution in [0.15, 0.2) is 24.3 Å². The van der Waals surface area contributed by atoms with E-state index in [0.29, 0.717) is 5.75 Å². The Labute approximate surface area is 95.7 Å². The fourth-order valence-electron chi connectivity index (χ4n) is 0.772. The monoisotopic (exact) mass is 174 g/mol. The van der Waals surface area contributed by atoms with Gasteiger partial charge in [0.1, 0.15) is 5.75 Å². The van der Waals surface area contributed by atoms with Crippen molar-refractivity contribution in [3.63, 3.8) is 0 Å². The predicted octanol–water partition coefficient (Wildman–Crippen LogP) is -0.963. The number of ether oxygens (including phenoxy) is 1. The van der Waals surface area contributed by atoms with Crippen LogP contribution in [0, 0.1) is 6.92 Å². The first-order chi connectivity index (χ1) is 5.18. The van der Waals surface area contributed by atoms with Gasteiger partial charge in [0.05, 0.1) is 0 Å². The molecular weight excluding hydrogens is 163 g/mol. The van der Waals surface area contributed by atoms with E-state index in [1.807, 2.05) is 19.1 Å². The molecule has 2 nitrogen and oxygen atoms in total. The third-order valence-corrected chi connectivity index (χ3v) is 1.28. The van der Waals surface area contributed by atoms with Crippen LogP contribution in [0.1, 0.15) is 13.9 Å². The summed E-state index contributed by atoms with van der Waals surface area (Å²) in [4.78, 5) is 10.5. The first-order valence-corrected chi connectivity index (χ1v) is 3.43. The van der Waals surface area contributed by atoms with Gasteiger partial charge in [0.2, 0.25) is 0 Å². The third kappa shape index (κ3) is 3.90. The van der Waals surface area contributed by atoms with Crippen molar-refractivity contribution in [1.29, 1.82) is 0 Å². The van der Waals surface area contributed by atoms with Crippen LogP contribution >= 0.6 is 0 Å². The molecule has 0 amide bonds. The van der Waals surface area contributed by atoms with Crippen LogP contribution in [0.3, 0.4) is 0 Å². The first kappa shape index (κ1) is 11.7. The molecule has 0 atom stereocenters. The Balaban J connectivity index is 0. The zero-order valence-corrected chi connectivity index (χ0v) is 9.63. The summed E-state index contributed by atoms with van der Waals surface area (Å²) in [6, 6.07) is 7.35. The van der Waals surface area contributed by atoms with Gasteiger partial charge in [-0.25, -0.2) is 0 Å². The van der Waals surface area contributed by atoms with Gasteiger partial charge in [-0.1, -0.05) is 17.7 Å². The van der Waals surface area contributed by atoms with Gasteiger partial charge in [-0.15, -0.1) is 0 Å². The molecule has 0 heterocycles. The van der Waals surface area contributed by atoms with Crippen LogP contribution in [-0.4, -0.2) is 5.97 Å². The molecule has 0 fully saturated rings. The summed E-state index contributed by atoms with van der Waals surface area (Å²) in [5.41, 5.74) is 1.15. The Hall–Kier alpha value is -0.310. The molecule has 60 valence electrons. The number of hydrogen-bond acceptors (Lipinski definition) is 2. The van der Waals surface area contributed by atoms with E-state index >= 15 is 0 Å². The van der Waals surface area contributed by atoms with Crippen LogP contribution in [0.4, 0.5) is 0 Å². The molecule has 0 bridgehead atoms. The smallest absolute Gasteiger partial charge is 1.00 e. The van der Waals surface area contributed by atoms with Gasteiger partial charge in [-0.05, 0) is 19.1 Å². The average molecular weight is 174 g/mol. The number of benzene rings is 1. The van der Waals surface area contributed by atoms with Crippen molar-refractivity contribution in [2.24, 2.45) is 0 Å². The Morgan fingerprint density at radius 2 is 1.83 bits per heavy atom. The molecule has 0 N–H and O–H groups in total. The van der Waals surface area contributed by atoms with E-state index in [2.05, 4.69) is 0 Å². The van der Waals surface area contributed by atoms with Gasteiger partial charge in [-0.2, -0.15) is 0 Å². The minimum Gasteiger partial charge on any atom is -1.00 e. The van der Waals surface area contributed by atoms with Crippen LogP contribution in [-0.2, 0) is 4.79 Å². The molecule has 0 aliphatic rings. The fourth-order valence-corrected chi connectivity index (χ4v) is 0.772. The maximum atomic E-state index is 10.5. The minimum atomic E-state index is -0.283. The van der Waals surface area contributed by atoms with Crippen molar-refractivity contribution in [2.45, 2.75) is 13.8 Å². The first-order valence-electron chi connectivity index (χ1n) is 3.43. The Morgan fingerprint density at radius 3 is 2.25 bits per heavy atom. The van der Waals surface area contributed by atoms with E-state index in [-0.39, 0.29) is 37.0 Å². The van der Waals surface area contributed by atoms with Gasteiger partial charge < -0.3 is 6.16 Å². The molecule has 0 unspecified atom stereocenters. The maximum Gasteiger partial charge on any atom is 1.00 e. The summed E-state index contributed by atoms with van der Waals surface area (Å²) < 4.78 is 4.83. The Morgan fingerprint density at radius 1 is 1.33 bits per heavy atom. The Bertz CT molecular complexity index is 259. The molecule has 0 spiro atoms. The normalized spacial score (nSPS) is 8.50. The molecule has 12 heavy (non-hydrogen) atoms. The summed E-state index contributed by atoms with van der Waals surface area (Å²) in [5.74, 6) is 0.317. The second kappa shape index (κ2) is 5.36. The quantitative estimate of drug-likeness (QED) is 0.311. The summed E-state index contributed by atoms with van der Waals surface area (Å²) >= 11 is 0. The van der Waals surface area contributed by atoms with Crippen molar-refractivity contribution in [2.75, 3.05) is 0 Å². The Kier molecular flexibility index (Phi) is 5.22. The summed E-state index contributed by atoms with van der Waals surface area (Å²) in [5, 5.41) is 0. The van der Waals surface area contributed by atoms with Crippen molar-refractivity contribution in [3.05, 3.63) is 29.8 Å².